The fourth-order valence-corrected chi connectivity index (χ4v) is 2.99. The Hall–Kier alpha value is -1.35. The van der Waals surface area contributed by atoms with Gasteiger partial charge in [0.25, 0.3) is 0 Å². The Morgan fingerprint density at radius 1 is 1.15 bits per heavy atom. The molecule has 0 aromatic heterocycles. The third-order valence-corrected chi connectivity index (χ3v) is 4.40. The van der Waals surface area contributed by atoms with Crippen molar-refractivity contribution in [3.8, 4) is 0 Å². The van der Waals surface area contributed by atoms with Gasteiger partial charge in [0, 0.05) is 18.2 Å². The number of carbonyl (C=O) groups is 1. The van der Waals surface area contributed by atoms with Crippen molar-refractivity contribution in [1.82, 2.24) is 5.32 Å². The molecule has 110 valence electrons. The maximum Gasteiger partial charge on any atom is 0.227 e. The topological polar surface area (TPSA) is 41.1 Å². The molecule has 3 nitrogen and oxygen atoms in total. The summed E-state index contributed by atoms with van der Waals surface area (Å²) in [6.07, 6.45) is 5.75. The number of nitrogens with one attached hydrogen (secondary N) is 2. The Labute approximate surface area is 122 Å². The number of anilines is 1. The van der Waals surface area contributed by atoms with Crippen LogP contribution >= 0.6 is 0 Å². The van der Waals surface area contributed by atoms with Gasteiger partial charge in [-0.05, 0) is 56.3 Å². The van der Waals surface area contributed by atoms with E-state index in [4.69, 9.17) is 0 Å². The monoisotopic (exact) mass is 274 g/mol. The van der Waals surface area contributed by atoms with E-state index in [1.165, 1.54) is 24.8 Å². The van der Waals surface area contributed by atoms with Crippen LogP contribution in [0.1, 0.15) is 44.6 Å². The Morgan fingerprint density at radius 3 is 2.35 bits per heavy atom. The molecule has 1 aliphatic carbocycles. The summed E-state index contributed by atoms with van der Waals surface area (Å²) in [5, 5.41) is 6.17. The Morgan fingerprint density at radius 2 is 1.80 bits per heavy atom. The van der Waals surface area contributed by atoms with Crippen molar-refractivity contribution in [1.29, 1.82) is 0 Å². The first kappa shape index (κ1) is 15.0. The van der Waals surface area contributed by atoms with Gasteiger partial charge in [0.1, 0.15) is 0 Å². The standard InChI is InChI=1S/C17H26N2O/c1-3-13-4-8-15(9-5-13)17(20)19-16-10-6-14(7-11-16)12-18-2/h6-7,10-11,13,15,18H,3-5,8-9,12H2,1-2H3,(H,19,20). The maximum absolute atomic E-state index is 12.2. The molecule has 0 spiro atoms. The van der Waals surface area contributed by atoms with Crippen LogP contribution in [0.5, 0.6) is 0 Å². The van der Waals surface area contributed by atoms with E-state index in [0.717, 1.165) is 31.0 Å². The molecule has 2 rings (SSSR count). The molecule has 1 aliphatic rings. The van der Waals surface area contributed by atoms with E-state index in [1.807, 2.05) is 19.2 Å². The highest BCUT2D eigenvalue weighted by Crippen LogP contribution is 2.31. The lowest BCUT2D eigenvalue weighted by Crippen LogP contribution is -2.27. The maximum atomic E-state index is 12.2. The van der Waals surface area contributed by atoms with Crippen LogP contribution in [0.25, 0.3) is 0 Å². The largest absolute Gasteiger partial charge is 0.326 e. The third kappa shape index (κ3) is 4.07. The fraction of sp³-hybridized carbons (Fsp3) is 0.588. The minimum Gasteiger partial charge on any atom is -0.326 e. The molecule has 0 aliphatic heterocycles. The predicted octanol–water partition coefficient (Wildman–Crippen LogP) is 3.56. The van der Waals surface area contributed by atoms with Gasteiger partial charge < -0.3 is 10.6 Å². The summed E-state index contributed by atoms with van der Waals surface area (Å²) in [6.45, 7) is 3.10. The molecule has 0 atom stereocenters. The average Bonchev–Trinajstić information content (AvgIpc) is 2.49. The molecule has 0 radical (unpaired) electrons. The third-order valence-electron chi connectivity index (χ3n) is 4.40. The van der Waals surface area contributed by atoms with Gasteiger partial charge in [-0.2, -0.15) is 0 Å². The van der Waals surface area contributed by atoms with Crippen LogP contribution in [0.3, 0.4) is 0 Å². The zero-order chi connectivity index (χ0) is 14.4. The van der Waals surface area contributed by atoms with Gasteiger partial charge in [-0.15, -0.1) is 0 Å². The minimum absolute atomic E-state index is 0.195. The molecule has 0 unspecified atom stereocenters. The van der Waals surface area contributed by atoms with Crippen LogP contribution in [-0.4, -0.2) is 13.0 Å². The minimum atomic E-state index is 0.195. The summed E-state index contributed by atoms with van der Waals surface area (Å²) in [5.74, 6) is 1.23. The SMILES string of the molecule is CCC1CCC(C(=O)Nc2ccc(CNC)cc2)CC1. The predicted molar refractivity (Wildman–Crippen MR) is 83.6 cm³/mol. The second-order valence-corrected chi connectivity index (χ2v) is 5.84. The second kappa shape index (κ2) is 7.44. The lowest BCUT2D eigenvalue weighted by atomic mass is 9.80. The van der Waals surface area contributed by atoms with Gasteiger partial charge >= 0.3 is 0 Å². The summed E-state index contributed by atoms with van der Waals surface area (Å²) in [7, 11) is 1.93. The molecule has 20 heavy (non-hydrogen) atoms. The van der Waals surface area contributed by atoms with Crippen LogP contribution in [0, 0.1) is 11.8 Å². The van der Waals surface area contributed by atoms with E-state index in [1.54, 1.807) is 0 Å². The fourth-order valence-electron chi connectivity index (χ4n) is 2.99. The highest BCUT2D eigenvalue weighted by Gasteiger charge is 2.25. The van der Waals surface area contributed by atoms with Crippen molar-refractivity contribution < 1.29 is 4.79 Å². The van der Waals surface area contributed by atoms with Gasteiger partial charge in [0.2, 0.25) is 5.91 Å². The van der Waals surface area contributed by atoms with Crippen molar-refractivity contribution in [3.05, 3.63) is 29.8 Å². The molecular formula is C17H26N2O. The number of hydrogen-bond donors (Lipinski definition) is 2. The zero-order valence-corrected chi connectivity index (χ0v) is 12.6. The summed E-state index contributed by atoms with van der Waals surface area (Å²) in [6, 6.07) is 8.09. The second-order valence-electron chi connectivity index (χ2n) is 5.84. The highest BCUT2D eigenvalue weighted by molar-refractivity contribution is 5.92. The van der Waals surface area contributed by atoms with Crippen molar-refractivity contribution in [3.63, 3.8) is 0 Å². The van der Waals surface area contributed by atoms with Crippen molar-refractivity contribution in [2.75, 3.05) is 12.4 Å². The first-order valence-corrected chi connectivity index (χ1v) is 7.77. The van der Waals surface area contributed by atoms with Crippen LogP contribution in [-0.2, 0) is 11.3 Å². The van der Waals surface area contributed by atoms with E-state index in [2.05, 4.69) is 29.7 Å². The van der Waals surface area contributed by atoms with E-state index in [9.17, 15) is 4.79 Å². The number of carbonyl (C=O) groups excluding carboxylic acids is 1. The highest BCUT2D eigenvalue weighted by atomic mass is 16.1. The van der Waals surface area contributed by atoms with Gasteiger partial charge in [-0.25, -0.2) is 0 Å². The molecule has 0 heterocycles. The van der Waals surface area contributed by atoms with E-state index < -0.39 is 0 Å². The molecule has 1 aromatic rings. The zero-order valence-electron chi connectivity index (χ0n) is 12.6. The Bertz CT molecular complexity index is 419. The Balaban J connectivity index is 1.85. The van der Waals surface area contributed by atoms with Crippen LogP contribution in [0.15, 0.2) is 24.3 Å². The summed E-state index contributed by atoms with van der Waals surface area (Å²) < 4.78 is 0. The van der Waals surface area contributed by atoms with Crippen LogP contribution < -0.4 is 10.6 Å². The summed E-state index contributed by atoms with van der Waals surface area (Å²) in [5.41, 5.74) is 2.14. The molecule has 0 saturated heterocycles. The average molecular weight is 274 g/mol. The van der Waals surface area contributed by atoms with Gasteiger partial charge in [-0.1, -0.05) is 25.5 Å². The van der Waals surface area contributed by atoms with E-state index >= 15 is 0 Å². The van der Waals surface area contributed by atoms with Gasteiger partial charge in [0.15, 0.2) is 0 Å². The summed E-state index contributed by atoms with van der Waals surface area (Å²) in [4.78, 5) is 12.2. The normalized spacial score (nSPS) is 22.5. The van der Waals surface area contributed by atoms with Crippen LogP contribution in [0.2, 0.25) is 0 Å². The molecule has 1 saturated carbocycles. The summed E-state index contributed by atoms with van der Waals surface area (Å²) >= 11 is 0. The Kier molecular flexibility index (Phi) is 5.60. The van der Waals surface area contributed by atoms with Crippen molar-refractivity contribution in [2.24, 2.45) is 11.8 Å². The molecule has 1 fully saturated rings. The molecule has 1 amide bonds. The first-order valence-electron chi connectivity index (χ1n) is 7.77. The molecule has 2 N–H and O–H groups in total. The lowest BCUT2D eigenvalue weighted by molar-refractivity contribution is -0.121. The van der Waals surface area contributed by atoms with Crippen molar-refractivity contribution in [2.45, 2.75) is 45.6 Å². The molecule has 0 bridgehead atoms. The van der Waals surface area contributed by atoms with Crippen molar-refractivity contribution >= 4 is 11.6 Å². The number of hydrogen-bond acceptors (Lipinski definition) is 2. The quantitative estimate of drug-likeness (QED) is 0.862. The lowest BCUT2D eigenvalue weighted by Gasteiger charge is -2.26. The number of amides is 1. The van der Waals surface area contributed by atoms with Crippen LogP contribution in [0.4, 0.5) is 5.69 Å². The number of rotatable bonds is 5. The van der Waals surface area contributed by atoms with E-state index in [0.29, 0.717) is 0 Å². The molecular weight excluding hydrogens is 248 g/mol. The smallest absolute Gasteiger partial charge is 0.227 e. The molecule has 1 aromatic carbocycles. The van der Waals surface area contributed by atoms with E-state index in [-0.39, 0.29) is 11.8 Å². The number of benzene rings is 1. The van der Waals surface area contributed by atoms with Gasteiger partial charge in [0.05, 0.1) is 0 Å². The van der Waals surface area contributed by atoms with Gasteiger partial charge in [-0.3, -0.25) is 4.79 Å². The molecule has 3 heteroatoms. The first-order chi connectivity index (χ1) is 9.72.